The predicted molar refractivity (Wildman–Crippen MR) is 250 cm³/mol. The van der Waals surface area contributed by atoms with Gasteiger partial charge in [-0.05, 0) is 104 Å². The Morgan fingerprint density at radius 2 is 0.951 bits per heavy atom. The van der Waals surface area contributed by atoms with Gasteiger partial charge in [-0.2, -0.15) is 0 Å². The fourth-order valence-electron chi connectivity index (χ4n) is 11.7. The summed E-state index contributed by atoms with van der Waals surface area (Å²) in [5.74, 6) is 0. The number of furan rings is 2. The molecule has 3 aliphatic carbocycles. The summed E-state index contributed by atoms with van der Waals surface area (Å²) in [7, 11) is 0. The van der Waals surface area contributed by atoms with Gasteiger partial charge in [0.2, 0.25) is 0 Å². The van der Waals surface area contributed by atoms with Crippen LogP contribution in [0.5, 0.6) is 0 Å². The molecule has 0 saturated heterocycles. The monoisotopic (exact) mass is 779 g/mol. The lowest BCUT2D eigenvalue weighted by Crippen LogP contribution is -2.28. The lowest BCUT2D eigenvalue weighted by molar-refractivity contribution is 0.660. The average molecular weight is 780 g/mol. The van der Waals surface area contributed by atoms with E-state index in [0.29, 0.717) is 0 Å². The minimum absolute atomic E-state index is 0.171. The molecule has 11 aromatic rings. The molecule has 3 nitrogen and oxygen atoms in total. The van der Waals surface area contributed by atoms with Crippen LogP contribution in [-0.4, -0.2) is 0 Å². The maximum absolute atomic E-state index is 6.89. The first-order valence-corrected chi connectivity index (χ1v) is 21.3. The van der Waals surface area contributed by atoms with E-state index >= 15 is 0 Å². The van der Waals surface area contributed by atoms with Crippen molar-refractivity contribution in [2.75, 3.05) is 4.90 Å². The van der Waals surface area contributed by atoms with Crippen molar-refractivity contribution in [3.05, 3.63) is 221 Å². The van der Waals surface area contributed by atoms with Gasteiger partial charge in [0.1, 0.15) is 22.3 Å². The van der Waals surface area contributed by atoms with Crippen molar-refractivity contribution in [2.45, 2.75) is 24.7 Å². The lowest BCUT2D eigenvalue weighted by atomic mass is 9.70. The summed E-state index contributed by atoms with van der Waals surface area (Å²) >= 11 is 0. The van der Waals surface area contributed by atoms with Crippen LogP contribution in [0.1, 0.15) is 47.2 Å². The zero-order chi connectivity index (χ0) is 40.2. The van der Waals surface area contributed by atoms with Crippen molar-refractivity contribution in [3.63, 3.8) is 0 Å². The van der Waals surface area contributed by atoms with Crippen molar-refractivity contribution >= 4 is 60.9 Å². The van der Waals surface area contributed by atoms with Gasteiger partial charge in [-0.3, -0.25) is 0 Å². The Balaban J connectivity index is 1.10. The highest BCUT2D eigenvalue weighted by Crippen LogP contribution is 2.66. The maximum Gasteiger partial charge on any atom is 0.143 e. The van der Waals surface area contributed by atoms with Gasteiger partial charge in [0.25, 0.3) is 0 Å². The summed E-state index contributed by atoms with van der Waals surface area (Å²) in [6, 6.07) is 69.3. The second kappa shape index (κ2) is 11.6. The Hall–Kier alpha value is -7.62. The largest absolute Gasteiger partial charge is 0.456 e. The molecule has 61 heavy (non-hydrogen) atoms. The highest BCUT2D eigenvalue weighted by molar-refractivity contribution is 6.14. The molecule has 0 fully saturated rings. The molecule has 2 aromatic heterocycles. The second-order valence-electron chi connectivity index (χ2n) is 17.5. The number of nitrogens with zero attached hydrogens (tertiary/aromatic N) is 1. The fraction of sp³-hybridized carbons (Fsp3) is 0.0690. The molecule has 0 aliphatic heterocycles. The third-order valence-corrected chi connectivity index (χ3v) is 14.3. The highest BCUT2D eigenvalue weighted by atomic mass is 16.3. The number of fused-ring (bicyclic) bond motifs is 20. The molecule has 0 N–H and O–H groups in total. The SMILES string of the molecule is CC1(C)c2ccccc2-c2ccc(N(c3ccc4oc5ccccc5c4c3)c3cccc4c3C3(c5ccccc5-4)c4ccccc4-c4c3ccc3c4oc4ccccc43)cc21. The van der Waals surface area contributed by atoms with Crippen LogP contribution in [-0.2, 0) is 10.8 Å². The minimum atomic E-state index is -0.626. The van der Waals surface area contributed by atoms with E-state index in [4.69, 9.17) is 8.83 Å². The molecule has 0 radical (unpaired) electrons. The van der Waals surface area contributed by atoms with Crippen molar-refractivity contribution in [3.8, 4) is 33.4 Å². The van der Waals surface area contributed by atoms with E-state index in [0.717, 1.165) is 60.9 Å². The molecular formula is C58H37NO2. The number of para-hydroxylation sites is 2. The molecule has 1 atom stereocenters. The Kier molecular flexibility index (Phi) is 6.30. The maximum atomic E-state index is 6.89. The molecule has 0 bridgehead atoms. The van der Waals surface area contributed by atoms with Crippen molar-refractivity contribution < 1.29 is 8.83 Å². The molecule has 0 amide bonds. The topological polar surface area (TPSA) is 29.5 Å². The van der Waals surface area contributed by atoms with Crippen LogP contribution in [0.3, 0.4) is 0 Å². The Labute approximate surface area is 352 Å². The first kappa shape index (κ1) is 33.2. The molecule has 14 rings (SSSR count). The minimum Gasteiger partial charge on any atom is -0.456 e. The van der Waals surface area contributed by atoms with Gasteiger partial charge in [0, 0.05) is 49.5 Å². The fourth-order valence-corrected chi connectivity index (χ4v) is 11.7. The first-order valence-electron chi connectivity index (χ1n) is 21.3. The van der Waals surface area contributed by atoms with Gasteiger partial charge in [0.15, 0.2) is 0 Å². The average Bonchev–Trinajstić information content (AvgIpc) is 4.08. The van der Waals surface area contributed by atoms with E-state index in [1.54, 1.807) is 0 Å². The molecular weight excluding hydrogens is 743 g/mol. The zero-order valence-electron chi connectivity index (χ0n) is 33.7. The van der Waals surface area contributed by atoms with Crippen molar-refractivity contribution in [2.24, 2.45) is 0 Å². The number of hydrogen-bond acceptors (Lipinski definition) is 3. The quantitative estimate of drug-likeness (QED) is 0.179. The Morgan fingerprint density at radius 1 is 0.377 bits per heavy atom. The molecule has 1 spiro atoms. The van der Waals surface area contributed by atoms with Crippen LogP contribution in [0.25, 0.3) is 77.3 Å². The number of benzene rings is 9. The van der Waals surface area contributed by atoms with E-state index < -0.39 is 5.41 Å². The molecule has 286 valence electrons. The molecule has 2 heterocycles. The number of rotatable bonds is 3. The van der Waals surface area contributed by atoms with Crippen LogP contribution in [0.15, 0.2) is 197 Å². The first-order chi connectivity index (χ1) is 30.0. The van der Waals surface area contributed by atoms with Crippen molar-refractivity contribution in [1.29, 1.82) is 0 Å². The smallest absolute Gasteiger partial charge is 0.143 e. The summed E-state index contributed by atoms with van der Waals surface area (Å²) in [4.78, 5) is 2.52. The summed E-state index contributed by atoms with van der Waals surface area (Å²) < 4.78 is 13.3. The van der Waals surface area contributed by atoms with E-state index in [1.165, 1.54) is 66.8 Å². The molecule has 3 aliphatic rings. The molecule has 9 aromatic carbocycles. The third kappa shape index (κ3) is 4.09. The standard InChI is InChI=1S/C58H37NO2/c1-57(2)45-20-8-3-14-36(45)38-28-26-35(33-49(38)57)59(34-27-31-53-44(32-34)40-17-7-11-24-51(40)60-53)50-23-13-19-41-37-15-4-9-21-46(37)58(55(41)50)47-22-10-5-18-43(47)54-48(58)30-29-42-39-16-6-12-25-52(39)61-56(42)54/h3-33H,1-2H3. The van der Waals surface area contributed by atoms with E-state index in [-0.39, 0.29) is 5.41 Å². The van der Waals surface area contributed by atoms with Gasteiger partial charge in [0.05, 0.1) is 11.1 Å². The van der Waals surface area contributed by atoms with Gasteiger partial charge in [-0.15, -0.1) is 0 Å². The summed E-state index contributed by atoms with van der Waals surface area (Å²) in [5.41, 5.74) is 21.5. The Morgan fingerprint density at radius 3 is 1.75 bits per heavy atom. The predicted octanol–water partition coefficient (Wildman–Crippen LogP) is 15.6. The van der Waals surface area contributed by atoms with Gasteiger partial charge >= 0.3 is 0 Å². The highest BCUT2D eigenvalue weighted by Gasteiger charge is 2.54. The van der Waals surface area contributed by atoms with Crippen LogP contribution in [0.4, 0.5) is 17.1 Å². The molecule has 1 unspecified atom stereocenters. The summed E-state index contributed by atoms with van der Waals surface area (Å²) in [5, 5.41) is 4.49. The Bertz CT molecular complexity index is 3710. The van der Waals surface area contributed by atoms with Gasteiger partial charge < -0.3 is 13.7 Å². The van der Waals surface area contributed by atoms with Crippen LogP contribution < -0.4 is 4.90 Å². The van der Waals surface area contributed by atoms with E-state index in [2.05, 4.69) is 201 Å². The zero-order valence-corrected chi connectivity index (χ0v) is 33.7. The molecule has 3 heteroatoms. The van der Waals surface area contributed by atoms with E-state index in [1.807, 2.05) is 6.07 Å². The summed E-state index contributed by atoms with van der Waals surface area (Å²) in [6.07, 6.45) is 0. The second-order valence-corrected chi connectivity index (χ2v) is 17.5. The normalized spacial score (nSPS) is 16.2. The van der Waals surface area contributed by atoms with Gasteiger partial charge in [-0.1, -0.05) is 153 Å². The molecule has 0 saturated carbocycles. The van der Waals surface area contributed by atoms with E-state index in [9.17, 15) is 0 Å². The van der Waals surface area contributed by atoms with Crippen LogP contribution >= 0.6 is 0 Å². The van der Waals surface area contributed by atoms with Crippen LogP contribution in [0.2, 0.25) is 0 Å². The number of anilines is 3. The van der Waals surface area contributed by atoms with Crippen LogP contribution in [0, 0.1) is 0 Å². The van der Waals surface area contributed by atoms with Gasteiger partial charge in [-0.25, -0.2) is 0 Å². The lowest BCUT2D eigenvalue weighted by Gasteiger charge is -2.36. The number of hydrogen-bond donors (Lipinski definition) is 0. The summed E-state index contributed by atoms with van der Waals surface area (Å²) in [6.45, 7) is 4.74. The third-order valence-electron chi connectivity index (χ3n) is 14.3. The van der Waals surface area contributed by atoms with Crippen molar-refractivity contribution in [1.82, 2.24) is 0 Å².